The van der Waals surface area contributed by atoms with Gasteiger partial charge in [-0.05, 0) is 25.0 Å². The number of nitrogens with zero attached hydrogens (tertiary/aromatic N) is 3. The standard InChI is InChI=1S/C16H20N4O6S/c21-16-19(14-9-17-10-15(14)26-16)11-5-7-18(8-6-11)27(24,25)13-3-1-12(2-4-13)20(22)23/h1-4,11,14-15,17H,5-10H2/t14-,15+/m1/s1. The number of rotatable bonds is 4. The third-order valence-corrected chi connectivity index (χ3v) is 7.36. The number of ether oxygens (including phenoxy) is 1. The molecule has 1 amide bonds. The molecule has 0 aliphatic carbocycles. The molecule has 0 radical (unpaired) electrons. The van der Waals surface area contributed by atoms with Gasteiger partial charge in [0, 0.05) is 44.4 Å². The number of carbonyl (C=O) groups is 1. The van der Waals surface area contributed by atoms with E-state index in [9.17, 15) is 23.3 Å². The average Bonchev–Trinajstić information content (AvgIpc) is 3.22. The van der Waals surface area contributed by atoms with Crippen LogP contribution in [0.25, 0.3) is 0 Å². The number of amides is 1. The van der Waals surface area contributed by atoms with Crippen LogP contribution in [0.5, 0.6) is 0 Å². The Labute approximate surface area is 156 Å². The highest BCUT2D eigenvalue weighted by molar-refractivity contribution is 7.89. The lowest BCUT2D eigenvalue weighted by Gasteiger charge is -2.36. The Bertz CT molecular complexity index is 850. The molecule has 3 fully saturated rings. The predicted octanol–water partition coefficient (Wildman–Crippen LogP) is 0.540. The molecular weight excluding hydrogens is 376 g/mol. The maximum Gasteiger partial charge on any atom is 0.410 e. The van der Waals surface area contributed by atoms with E-state index < -0.39 is 14.9 Å². The lowest BCUT2D eigenvalue weighted by Crippen LogP contribution is -2.50. The van der Waals surface area contributed by atoms with Crippen molar-refractivity contribution >= 4 is 21.8 Å². The van der Waals surface area contributed by atoms with Crippen molar-refractivity contribution in [2.24, 2.45) is 0 Å². The van der Waals surface area contributed by atoms with Crippen LogP contribution in [0.1, 0.15) is 12.8 Å². The third-order valence-electron chi connectivity index (χ3n) is 5.45. The molecule has 1 aromatic carbocycles. The molecule has 3 aliphatic heterocycles. The zero-order valence-electron chi connectivity index (χ0n) is 14.5. The quantitative estimate of drug-likeness (QED) is 0.582. The number of nitrogens with one attached hydrogen (secondary N) is 1. The molecule has 0 aromatic heterocycles. The fourth-order valence-electron chi connectivity index (χ4n) is 4.03. The first-order valence-corrected chi connectivity index (χ1v) is 10.3. The highest BCUT2D eigenvalue weighted by Crippen LogP contribution is 2.31. The van der Waals surface area contributed by atoms with E-state index in [1.807, 2.05) is 0 Å². The van der Waals surface area contributed by atoms with Crippen molar-refractivity contribution in [2.75, 3.05) is 26.2 Å². The number of nitro benzene ring substituents is 1. The van der Waals surface area contributed by atoms with Crippen LogP contribution in [0.2, 0.25) is 0 Å². The summed E-state index contributed by atoms with van der Waals surface area (Å²) in [7, 11) is -3.72. The summed E-state index contributed by atoms with van der Waals surface area (Å²) in [5.41, 5.74) is -0.153. The monoisotopic (exact) mass is 396 g/mol. The van der Waals surface area contributed by atoms with Gasteiger partial charge in [-0.25, -0.2) is 13.2 Å². The van der Waals surface area contributed by atoms with Crippen LogP contribution in [0, 0.1) is 10.1 Å². The Morgan fingerprint density at radius 3 is 2.44 bits per heavy atom. The number of benzene rings is 1. The predicted molar refractivity (Wildman–Crippen MR) is 93.6 cm³/mol. The minimum absolute atomic E-state index is 0.0142. The summed E-state index contributed by atoms with van der Waals surface area (Å²) in [4.78, 5) is 24.1. The molecule has 0 unspecified atom stereocenters. The van der Waals surface area contributed by atoms with Crippen molar-refractivity contribution in [3.8, 4) is 0 Å². The minimum Gasteiger partial charge on any atom is -0.442 e. The Kier molecular flexibility index (Phi) is 4.52. The number of piperidine rings is 1. The number of hydrogen-bond donors (Lipinski definition) is 1. The zero-order chi connectivity index (χ0) is 19.2. The molecule has 2 atom stereocenters. The van der Waals surface area contributed by atoms with Crippen molar-refractivity contribution in [3.63, 3.8) is 0 Å². The van der Waals surface area contributed by atoms with Gasteiger partial charge in [-0.15, -0.1) is 0 Å². The molecule has 3 heterocycles. The van der Waals surface area contributed by atoms with E-state index in [1.54, 1.807) is 4.90 Å². The summed E-state index contributed by atoms with van der Waals surface area (Å²) < 4.78 is 32.3. The molecular formula is C16H20N4O6S. The van der Waals surface area contributed by atoms with Gasteiger partial charge in [0.2, 0.25) is 10.0 Å². The highest BCUT2D eigenvalue weighted by Gasteiger charge is 2.48. The van der Waals surface area contributed by atoms with E-state index in [2.05, 4.69) is 5.32 Å². The number of carbonyl (C=O) groups excluding carboxylic acids is 1. The van der Waals surface area contributed by atoms with Gasteiger partial charge in [0.1, 0.15) is 6.10 Å². The molecule has 3 aliphatic rings. The number of fused-ring (bicyclic) bond motifs is 1. The lowest BCUT2D eigenvalue weighted by molar-refractivity contribution is -0.384. The van der Waals surface area contributed by atoms with Crippen LogP contribution in [0.3, 0.4) is 0 Å². The van der Waals surface area contributed by atoms with Crippen molar-refractivity contribution in [3.05, 3.63) is 34.4 Å². The molecule has 0 saturated carbocycles. The van der Waals surface area contributed by atoms with Crippen LogP contribution in [0.15, 0.2) is 29.2 Å². The molecule has 1 aromatic rings. The molecule has 11 heteroatoms. The first-order valence-electron chi connectivity index (χ1n) is 8.82. The van der Waals surface area contributed by atoms with Crippen LogP contribution < -0.4 is 5.32 Å². The first kappa shape index (κ1) is 18.1. The zero-order valence-corrected chi connectivity index (χ0v) is 15.3. The van der Waals surface area contributed by atoms with Gasteiger partial charge in [0.15, 0.2) is 0 Å². The second-order valence-corrected chi connectivity index (χ2v) is 8.88. The maximum atomic E-state index is 12.8. The molecule has 10 nitrogen and oxygen atoms in total. The summed E-state index contributed by atoms with van der Waals surface area (Å²) in [6.07, 6.45) is 0.622. The molecule has 27 heavy (non-hydrogen) atoms. The van der Waals surface area contributed by atoms with Gasteiger partial charge < -0.3 is 10.1 Å². The van der Waals surface area contributed by atoms with E-state index in [-0.39, 0.29) is 34.9 Å². The largest absolute Gasteiger partial charge is 0.442 e. The number of non-ortho nitro benzene ring substituents is 1. The number of hydrogen-bond acceptors (Lipinski definition) is 7. The van der Waals surface area contributed by atoms with E-state index >= 15 is 0 Å². The summed E-state index contributed by atoms with van der Waals surface area (Å²) in [5, 5.41) is 13.9. The fraction of sp³-hybridized carbons (Fsp3) is 0.562. The fourth-order valence-corrected chi connectivity index (χ4v) is 5.50. The van der Waals surface area contributed by atoms with Gasteiger partial charge in [-0.2, -0.15) is 4.31 Å². The molecule has 0 bridgehead atoms. The van der Waals surface area contributed by atoms with E-state index in [0.717, 1.165) is 0 Å². The number of sulfonamides is 1. The normalized spacial score (nSPS) is 26.8. The second kappa shape index (κ2) is 6.73. The highest BCUT2D eigenvalue weighted by atomic mass is 32.2. The molecule has 4 rings (SSSR count). The van der Waals surface area contributed by atoms with Crippen LogP contribution in [-0.4, -0.2) is 73.0 Å². The minimum atomic E-state index is -3.72. The SMILES string of the molecule is O=C1O[C@H]2CNC[C@H]2N1C1CCN(S(=O)(=O)c2ccc([N+](=O)[O-])cc2)CC1. The summed E-state index contributed by atoms with van der Waals surface area (Å²) in [6.45, 7) is 1.93. The first-order chi connectivity index (χ1) is 12.9. The van der Waals surface area contributed by atoms with Crippen LogP contribution >= 0.6 is 0 Å². The van der Waals surface area contributed by atoms with E-state index in [4.69, 9.17) is 4.74 Å². The molecule has 146 valence electrons. The average molecular weight is 396 g/mol. The maximum absolute atomic E-state index is 12.8. The van der Waals surface area contributed by atoms with E-state index in [1.165, 1.54) is 28.6 Å². The molecule has 3 saturated heterocycles. The smallest absolute Gasteiger partial charge is 0.410 e. The summed E-state index contributed by atoms with van der Waals surface area (Å²) in [5.74, 6) is 0. The third kappa shape index (κ3) is 3.15. The van der Waals surface area contributed by atoms with Crippen molar-refractivity contribution in [1.29, 1.82) is 0 Å². The van der Waals surface area contributed by atoms with Crippen molar-refractivity contribution in [2.45, 2.75) is 35.9 Å². The topological polar surface area (TPSA) is 122 Å². The molecule has 0 spiro atoms. The van der Waals surface area contributed by atoms with E-state index in [0.29, 0.717) is 39.0 Å². The second-order valence-electron chi connectivity index (χ2n) is 6.94. The van der Waals surface area contributed by atoms with Gasteiger partial charge >= 0.3 is 6.09 Å². The summed E-state index contributed by atoms with van der Waals surface area (Å²) in [6, 6.07) is 4.86. The van der Waals surface area contributed by atoms with Crippen LogP contribution in [0.4, 0.5) is 10.5 Å². The Morgan fingerprint density at radius 1 is 1.15 bits per heavy atom. The van der Waals surface area contributed by atoms with Crippen LogP contribution in [-0.2, 0) is 14.8 Å². The lowest BCUT2D eigenvalue weighted by atomic mass is 10.0. The Balaban J connectivity index is 1.44. The van der Waals surface area contributed by atoms with Gasteiger partial charge in [-0.3, -0.25) is 15.0 Å². The van der Waals surface area contributed by atoms with Gasteiger partial charge in [-0.1, -0.05) is 0 Å². The van der Waals surface area contributed by atoms with Gasteiger partial charge in [0.05, 0.1) is 15.9 Å². The van der Waals surface area contributed by atoms with Crippen molar-refractivity contribution < 1.29 is 22.9 Å². The van der Waals surface area contributed by atoms with Gasteiger partial charge in [0.25, 0.3) is 5.69 Å². The Hall–Kier alpha value is -2.24. The van der Waals surface area contributed by atoms with Crippen molar-refractivity contribution in [1.82, 2.24) is 14.5 Å². The summed E-state index contributed by atoms with van der Waals surface area (Å²) >= 11 is 0. The number of nitro groups is 1. The molecule has 1 N–H and O–H groups in total. The Morgan fingerprint density at radius 2 is 1.81 bits per heavy atom.